The van der Waals surface area contributed by atoms with E-state index >= 15 is 0 Å². The number of benzene rings is 1. The number of hydrogen-bond donors (Lipinski definition) is 1. The van der Waals surface area contributed by atoms with Gasteiger partial charge in [0.1, 0.15) is 0 Å². The zero-order chi connectivity index (χ0) is 15.6. The van der Waals surface area contributed by atoms with Gasteiger partial charge >= 0.3 is 5.97 Å². The lowest BCUT2D eigenvalue weighted by Crippen LogP contribution is -2.39. The van der Waals surface area contributed by atoms with E-state index in [1.165, 1.54) is 4.31 Å². The molecule has 116 valence electrons. The Morgan fingerprint density at radius 2 is 1.90 bits per heavy atom. The molecule has 0 saturated carbocycles. The van der Waals surface area contributed by atoms with Crippen LogP contribution in [-0.4, -0.2) is 36.9 Å². The van der Waals surface area contributed by atoms with Crippen LogP contribution in [0.25, 0.3) is 0 Å². The molecule has 2 rings (SSSR count). The maximum Gasteiger partial charge on any atom is 0.303 e. The second kappa shape index (κ2) is 6.15. The Kier molecular flexibility index (Phi) is 4.68. The topological polar surface area (TPSA) is 74.7 Å². The van der Waals surface area contributed by atoms with Crippen LogP contribution in [0.1, 0.15) is 30.4 Å². The molecule has 1 fully saturated rings. The lowest BCUT2D eigenvalue weighted by atomic mass is 9.95. The first-order chi connectivity index (χ1) is 9.80. The Hall–Kier alpha value is -1.40. The van der Waals surface area contributed by atoms with Gasteiger partial charge in [-0.3, -0.25) is 4.79 Å². The van der Waals surface area contributed by atoms with Gasteiger partial charge in [0.15, 0.2) is 0 Å². The monoisotopic (exact) mass is 311 g/mol. The summed E-state index contributed by atoms with van der Waals surface area (Å²) in [4.78, 5) is 11.1. The molecule has 0 atom stereocenters. The molecule has 1 heterocycles. The largest absolute Gasteiger partial charge is 0.481 e. The Labute approximate surface area is 125 Å². The third kappa shape index (κ3) is 3.63. The summed E-state index contributed by atoms with van der Waals surface area (Å²) in [5, 5.41) is 8.80. The molecule has 5 nitrogen and oxygen atoms in total. The van der Waals surface area contributed by atoms with Crippen molar-refractivity contribution in [1.29, 1.82) is 0 Å². The highest BCUT2D eigenvalue weighted by molar-refractivity contribution is 7.89. The van der Waals surface area contributed by atoms with Gasteiger partial charge in [0.05, 0.1) is 4.90 Å². The molecule has 0 bridgehead atoms. The summed E-state index contributed by atoms with van der Waals surface area (Å²) in [5.41, 5.74) is 1.79. The van der Waals surface area contributed by atoms with E-state index in [2.05, 4.69) is 0 Å². The number of aliphatic carboxylic acids is 1. The Morgan fingerprint density at radius 1 is 1.29 bits per heavy atom. The van der Waals surface area contributed by atoms with E-state index in [0.29, 0.717) is 30.8 Å². The highest BCUT2D eigenvalue weighted by atomic mass is 32.2. The Balaban J connectivity index is 2.13. The van der Waals surface area contributed by atoms with E-state index in [9.17, 15) is 13.2 Å². The summed E-state index contributed by atoms with van der Waals surface area (Å²) in [6, 6.07) is 5.32. The molecule has 0 unspecified atom stereocenters. The molecule has 1 aliphatic rings. The van der Waals surface area contributed by atoms with Gasteiger partial charge in [-0.1, -0.05) is 17.7 Å². The third-order valence-electron chi connectivity index (χ3n) is 3.99. The van der Waals surface area contributed by atoms with E-state index in [1.807, 2.05) is 13.0 Å². The second-order valence-corrected chi connectivity index (χ2v) is 7.62. The van der Waals surface area contributed by atoms with Crippen molar-refractivity contribution in [3.05, 3.63) is 29.3 Å². The smallest absolute Gasteiger partial charge is 0.303 e. The van der Waals surface area contributed by atoms with Crippen LogP contribution >= 0.6 is 0 Å². The molecule has 1 saturated heterocycles. The van der Waals surface area contributed by atoms with Crippen molar-refractivity contribution in [2.24, 2.45) is 5.92 Å². The van der Waals surface area contributed by atoms with Crippen molar-refractivity contribution in [3.63, 3.8) is 0 Å². The number of hydrogen-bond acceptors (Lipinski definition) is 3. The van der Waals surface area contributed by atoms with Crippen molar-refractivity contribution in [3.8, 4) is 0 Å². The summed E-state index contributed by atoms with van der Waals surface area (Å²) in [5.74, 6) is -0.737. The molecule has 6 heteroatoms. The van der Waals surface area contributed by atoms with E-state index in [-0.39, 0.29) is 12.3 Å². The van der Waals surface area contributed by atoms with Gasteiger partial charge < -0.3 is 5.11 Å². The molecule has 1 aliphatic heterocycles. The predicted octanol–water partition coefficient (Wildman–Crippen LogP) is 2.18. The number of aryl methyl sites for hydroxylation is 2. The van der Waals surface area contributed by atoms with Crippen LogP contribution in [0.5, 0.6) is 0 Å². The Morgan fingerprint density at radius 3 is 2.43 bits per heavy atom. The molecular weight excluding hydrogens is 290 g/mol. The zero-order valence-corrected chi connectivity index (χ0v) is 13.2. The zero-order valence-electron chi connectivity index (χ0n) is 12.4. The maximum absolute atomic E-state index is 12.7. The van der Waals surface area contributed by atoms with Crippen molar-refractivity contribution in [2.45, 2.75) is 38.0 Å². The molecule has 0 radical (unpaired) electrons. The number of nitrogens with zero attached hydrogens (tertiary/aromatic N) is 1. The summed E-state index contributed by atoms with van der Waals surface area (Å²) in [6.07, 6.45) is 1.34. The predicted molar refractivity (Wildman–Crippen MR) is 79.7 cm³/mol. The van der Waals surface area contributed by atoms with Gasteiger partial charge in [0, 0.05) is 19.5 Å². The van der Waals surface area contributed by atoms with Crippen molar-refractivity contribution < 1.29 is 18.3 Å². The van der Waals surface area contributed by atoms with Crippen LogP contribution in [0.4, 0.5) is 0 Å². The molecule has 0 aliphatic carbocycles. The van der Waals surface area contributed by atoms with E-state index in [0.717, 1.165) is 11.1 Å². The summed E-state index contributed by atoms with van der Waals surface area (Å²) in [6.45, 7) is 4.53. The minimum atomic E-state index is -3.48. The fourth-order valence-electron chi connectivity index (χ4n) is 2.83. The third-order valence-corrected chi connectivity index (χ3v) is 6.04. The van der Waals surface area contributed by atoms with Gasteiger partial charge in [-0.25, -0.2) is 8.42 Å². The van der Waals surface area contributed by atoms with Crippen LogP contribution < -0.4 is 0 Å². The molecule has 21 heavy (non-hydrogen) atoms. The molecule has 1 aromatic rings. The number of carboxylic acid groups (broad SMARTS) is 1. The molecule has 0 amide bonds. The number of rotatable bonds is 4. The van der Waals surface area contributed by atoms with E-state index < -0.39 is 16.0 Å². The molecular formula is C15H21NO4S. The van der Waals surface area contributed by atoms with Gasteiger partial charge in [-0.15, -0.1) is 0 Å². The average Bonchev–Trinajstić information content (AvgIpc) is 2.38. The fourth-order valence-corrected chi connectivity index (χ4v) is 4.50. The number of piperidine rings is 1. The van der Waals surface area contributed by atoms with Crippen LogP contribution in [0.2, 0.25) is 0 Å². The van der Waals surface area contributed by atoms with Crippen LogP contribution in [0, 0.1) is 19.8 Å². The summed E-state index contributed by atoms with van der Waals surface area (Å²) >= 11 is 0. The van der Waals surface area contributed by atoms with Gasteiger partial charge in [-0.05, 0) is 44.2 Å². The lowest BCUT2D eigenvalue weighted by molar-refractivity contribution is -0.138. The second-order valence-electron chi connectivity index (χ2n) is 5.71. The number of sulfonamides is 1. The van der Waals surface area contributed by atoms with E-state index in [4.69, 9.17) is 5.11 Å². The van der Waals surface area contributed by atoms with Crippen molar-refractivity contribution in [1.82, 2.24) is 4.31 Å². The van der Waals surface area contributed by atoms with Gasteiger partial charge in [0.2, 0.25) is 10.0 Å². The van der Waals surface area contributed by atoms with Crippen molar-refractivity contribution >= 4 is 16.0 Å². The lowest BCUT2D eigenvalue weighted by Gasteiger charge is -2.31. The van der Waals surface area contributed by atoms with Gasteiger partial charge in [0.25, 0.3) is 0 Å². The molecule has 1 aromatic carbocycles. The van der Waals surface area contributed by atoms with Crippen LogP contribution in [0.15, 0.2) is 23.1 Å². The minimum Gasteiger partial charge on any atom is -0.481 e. The first-order valence-corrected chi connectivity index (χ1v) is 8.54. The maximum atomic E-state index is 12.7. The van der Waals surface area contributed by atoms with Crippen LogP contribution in [0.3, 0.4) is 0 Å². The molecule has 0 aromatic heterocycles. The molecule has 0 spiro atoms. The standard InChI is InChI=1S/C15H21NO4S/c1-11-3-4-14(12(2)9-11)21(19,20)16-7-5-13(6-8-16)10-15(17)18/h3-4,9,13H,5-8,10H2,1-2H3,(H,17,18). The average molecular weight is 311 g/mol. The normalized spacial score (nSPS) is 17.8. The highest BCUT2D eigenvalue weighted by Gasteiger charge is 2.30. The first kappa shape index (κ1) is 16.0. The first-order valence-electron chi connectivity index (χ1n) is 7.10. The Bertz CT molecular complexity index is 631. The van der Waals surface area contributed by atoms with Crippen molar-refractivity contribution in [2.75, 3.05) is 13.1 Å². The SMILES string of the molecule is Cc1ccc(S(=O)(=O)N2CCC(CC(=O)O)CC2)c(C)c1. The van der Waals surface area contributed by atoms with Gasteiger partial charge in [-0.2, -0.15) is 4.31 Å². The highest BCUT2D eigenvalue weighted by Crippen LogP contribution is 2.27. The fraction of sp³-hybridized carbons (Fsp3) is 0.533. The quantitative estimate of drug-likeness (QED) is 0.925. The van der Waals surface area contributed by atoms with E-state index in [1.54, 1.807) is 19.1 Å². The van der Waals surface area contributed by atoms with Crippen LogP contribution in [-0.2, 0) is 14.8 Å². The number of carboxylic acids is 1. The molecule has 1 N–H and O–H groups in total. The summed E-state index contributed by atoms with van der Waals surface area (Å²) < 4.78 is 26.8. The minimum absolute atomic E-state index is 0.0769. The summed E-state index contributed by atoms with van der Waals surface area (Å²) in [7, 11) is -3.48. The number of carbonyl (C=O) groups is 1.